The fourth-order valence-corrected chi connectivity index (χ4v) is 2.30. The molecule has 0 aliphatic carbocycles. The van der Waals surface area contributed by atoms with Crippen molar-refractivity contribution in [1.29, 1.82) is 0 Å². The Morgan fingerprint density at radius 2 is 2.10 bits per heavy atom. The van der Waals surface area contributed by atoms with Gasteiger partial charge < -0.3 is 5.11 Å². The number of carboxylic acids is 1. The minimum absolute atomic E-state index is 0.343. The van der Waals surface area contributed by atoms with E-state index < -0.39 is 11.9 Å². The summed E-state index contributed by atoms with van der Waals surface area (Å²) >= 11 is 3.48. The molecule has 0 amide bonds. The Kier molecular flexibility index (Phi) is 4.17. The van der Waals surface area contributed by atoms with E-state index in [4.69, 9.17) is 5.11 Å². The molecular weight excluding hydrogens is 324 g/mol. The maximum Gasteiger partial charge on any atom is 0.308 e. The highest BCUT2D eigenvalue weighted by Gasteiger charge is 2.25. The maximum absolute atomic E-state index is 11.1. The van der Waals surface area contributed by atoms with Gasteiger partial charge in [0.15, 0.2) is 5.82 Å². The summed E-state index contributed by atoms with van der Waals surface area (Å²) < 4.78 is 2.42. The molecule has 1 aromatic carbocycles. The lowest BCUT2D eigenvalue weighted by Crippen LogP contribution is -2.23. The fourth-order valence-electron chi connectivity index (χ4n) is 1.87. The van der Waals surface area contributed by atoms with Crippen LogP contribution in [0.3, 0.4) is 0 Å². The van der Waals surface area contributed by atoms with E-state index in [0.717, 1.165) is 15.6 Å². The average molecular weight is 339 g/mol. The molecule has 6 nitrogen and oxygen atoms in total. The molecule has 7 heteroatoms. The van der Waals surface area contributed by atoms with Crippen LogP contribution in [0.15, 0.2) is 22.7 Å². The first-order chi connectivity index (χ1) is 9.41. The van der Waals surface area contributed by atoms with Crippen LogP contribution in [0.4, 0.5) is 0 Å². The third kappa shape index (κ3) is 2.72. The van der Waals surface area contributed by atoms with E-state index in [1.165, 1.54) is 0 Å². The highest BCUT2D eigenvalue weighted by Crippen LogP contribution is 2.30. The minimum Gasteiger partial charge on any atom is -0.481 e. The smallest absolute Gasteiger partial charge is 0.308 e. The number of aliphatic carboxylic acids is 1. The lowest BCUT2D eigenvalue weighted by atomic mass is 10.0. The highest BCUT2D eigenvalue weighted by molar-refractivity contribution is 9.10. The van der Waals surface area contributed by atoms with Crippen LogP contribution in [0.1, 0.15) is 25.5 Å². The number of carbonyl (C=O) groups is 1. The van der Waals surface area contributed by atoms with Gasteiger partial charge in [-0.2, -0.15) is 0 Å². The zero-order valence-corrected chi connectivity index (χ0v) is 13.0. The Morgan fingerprint density at radius 1 is 1.40 bits per heavy atom. The van der Waals surface area contributed by atoms with E-state index in [1.54, 1.807) is 18.5 Å². The summed E-state index contributed by atoms with van der Waals surface area (Å²) in [5.41, 5.74) is 1.93. The van der Waals surface area contributed by atoms with Gasteiger partial charge in [-0.1, -0.05) is 27.6 Å². The van der Waals surface area contributed by atoms with Gasteiger partial charge >= 0.3 is 5.97 Å². The van der Waals surface area contributed by atoms with Gasteiger partial charge in [0.25, 0.3) is 0 Å². The Hall–Kier alpha value is -1.76. The number of tetrazole rings is 1. The van der Waals surface area contributed by atoms with Crippen molar-refractivity contribution in [1.82, 2.24) is 20.2 Å². The van der Waals surface area contributed by atoms with Gasteiger partial charge in [-0.15, -0.1) is 5.10 Å². The predicted octanol–water partition coefficient (Wildman–Crippen LogP) is 2.69. The van der Waals surface area contributed by atoms with Gasteiger partial charge in [0, 0.05) is 10.0 Å². The first-order valence-electron chi connectivity index (χ1n) is 6.19. The maximum atomic E-state index is 11.1. The zero-order chi connectivity index (χ0) is 14.9. The third-order valence-corrected chi connectivity index (χ3v) is 4.05. The fraction of sp³-hybridized carbons (Fsp3) is 0.385. The quantitative estimate of drug-likeness (QED) is 0.926. The highest BCUT2D eigenvalue weighted by atomic mass is 79.9. The van der Waals surface area contributed by atoms with Gasteiger partial charge in [-0.05, 0) is 43.3 Å². The van der Waals surface area contributed by atoms with Gasteiger partial charge in [0.1, 0.15) is 0 Å². The molecule has 1 N–H and O–H groups in total. The minimum atomic E-state index is -0.873. The lowest BCUT2D eigenvalue weighted by Gasteiger charge is -2.17. The molecule has 0 aliphatic rings. The van der Waals surface area contributed by atoms with E-state index in [9.17, 15) is 4.79 Å². The SMILES string of the molecule is Cc1ccc(Br)c(-c2nnnn2C(C)C(C)C(=O)O)c1. The molecule has 0 saturated heterocycles. The van der Waals surface area contributed by atoms with Crippen molar-refractivity contribution in [2.24, 2.45) is 5.92 Å². The standard InChI is InChI=1S/C13H15BrN4O2/c1-7-4-5-11(14)10(6-7)12-15-16-17-18(12)9(3)8(2)13(19)20/h4-6,8-9H,1-3H3,(H,19,20). The molecule has 1 heterocycles. The Labute approximate surface area is 124 Å². The van der Waals surface area contributed by atoms with Crippen LogP contribution in [0, 0.1) is 12.8 Å². The van der Waals surface area contributed by atoms with E-state index in [2.05, 4.69) is 31.5 Å². The van der Waals surface area contributed by atoms with Crippen molar-refractivity contribution in [2.75, 3.05) is 0 Å². The van der Waals surface area contributed by atoms with Crippen molar-refractivity contribution in [2.45, 2.75) is 26.8 Å². The van der Waals surface area contributed by atoms with Crippen LogP contribution in [0.2, 0.25) is 0 Å². The van der Waals surface area contributed by atoms with E-state index in [-0.39, 0.29) is 6.04 Å². The Morgan fingerprint density at radius 3 is 2.75 bits per heavy atom. The van der Waals surface area contributed by atoms with E-state index >= 15 is 0 Å². The topological polar surface area (TPSA) is 80.9 Å². The van der Waals surface area contributed by atoms with Gasteiger partial charge in [0.2, 0.25) is 0 Å². The van der Waals surface area contributed by atoms with Crippen LogP contribution in [-0.2, 0) is 4.79 Å². The molecule has 2 rings (SSSR count). The summed E-state index contributed by atoms with van der Waals surface area (Å²) in [6, 6.07) is 5.52. The van der Waals surface area contributed by atoms with E-state index in [1.807, 2.05) is 25.1 Å². The van der Waals surface area contributed by atoms with Gasteiger partial charge in [0.05, 0.1) is 12.0 Å². The number of hydrogen-bond acceptors (Lipinski definition) is 4. The molecule has 0 saturated carbocycles. The molecule has 0 bridgehead atoms. The van der Waals surface area contributed by atoms with Gasteiger partial charge in [-0.25, -0.2) is 4.68 Å². The predicted molar refractivity (Wildman–Crippen MR) is 77.2 cm³/mol. The Bertz CT molecular complexity index is 641. The number of benzene rings is 1. The zero-order valence-electron chi connectivity index (χ0n) is 11.4. The van der Waals surface area contributed by atoms with Crippen molar-refractivity contribution in [3.05, 3.63) is 28.2 Å². The number of halogens is 1. The molecule has 2 unspecified atom stereocenters. The second-order valence-corrected chi connectivity index (χ2v) is 5.65. The van der Waals surface area contributed by atoms with Crippen molar-refractivity contribution >= 4 is 21.9 Å². The Balaban J connectivity index is 2.48. The monoisotopic (exact) mass is 338 g/mol. The molecule has 0 radical (unpaired) electrons. The van der Waals surface area contributed by atoms with E-state index in [0.29, 0.717) is 5.82 Å². The molecule has 1 aromatic heterocycles. The summed E-state index contributed by atoms with van der Waals surface area (Å²) in [7, 11) is 0. The molecule has 0 spiro atoms. The number of hydrogen-bond donors (Lipinski definition) is 1. The molecule has 106 valence electrons. The second kappa shape index (κ2) is 5.70. The first kappa shape index (κ1) is 14.6. The van der Waals surface area contributed by atoms with Crippen LogP contribution < -0.4 is 0 Å². The normalized spacial score (nSPS) is 14.0. The van der Waals surface area contributed by atoms with Crippen molar-refractivity contribution in [3.63, 3.8) is 0 Å². The summed E-state index contributed by atoms with van der Waals surface area (Å²) in [6.45, 7) is 5.42. The number of rotatable bonds is 4. The molecule has 2 aromatic rings. The van der Waals surface area contributed by atoms with Gasteiger partial charge in [-0.3, -0.25) is 4.79 Å². The summed E-state index contributed by atoms with van der Waals surface area (Å²) in [6.07, 6.45) is 0. The molecular formula is C13H15BrN4O2. The summed E-state index contributed by atoms with van der Waals surface area (Å²) in [5, 5.41) is 20.8. The summed E-state index contributed by atoms with van der Waals surface area (Å²) in [5.74, 6) is -0.899. The number of carboxylic acid groups (broad SMARTS) is 1. The molecule has 0 fully saturated rings. The molecule has 0 aliphatic heterocycles. The molecule has 20 heavy (non-hydrogen) atoms. The summed E-state index contributed by atoms with van der Waals surface area (Å²) in [4.78, 5) is 11.1. The van der Waals surface area contributed by atoms with Crippen LogP contribution in [-0.4, -0.2) is 31.3 Å². The second-order valence-electron chi connectivity index (χ2n) is 4.80. The largest absolute Gasteiger partial charge is 0.481 e. The van der Waals surface area contributed by atoms with Crippen LogP contribution in [0.5, 0.6) is 0 Å². The third-order valence-electron chi connectivity index (χ3n) is 3.35. The van der Waals surface area contributed by atoms with Crippen LogP contribution in [0.25, 0.3) is 11.4 Å². The van der Waals surface area contributed by atoms with Crippen molar-refractivity contribution in [3.8, 4) is 11.4 Å². The lowest BCUT2D eigenvalue weighted by molar-refractivity contribution is -0.142. The number of nitrogens with zero attached hydrogens (tertiary/aromatic N) is 4. The van der Waals surface area contributed by atoms with Crippen molar-refractivity contribution < 1.29 is 9.90 Å². The number of aryl methyl sites for hydroxylation is 1. The average Bonchev–Trinajstić information content (AvgIpc) is 2.88. The number of aromatic nitrogens is 4. The van der Waals surface area contributed by atoms with Crippen LogP contribution >= 0.6 is 15.9 Å². The first-order valence-corrected chi connectivity index (χ1v) is 6.98. The molecule has 2 atom stereocenters.